The molecule has 0 unspecified atom stereocenters. The van der Waals surface area contributed by atoms with Crippen LogP contribution < -0.4 is 5.43 Å². The van der Waals surface area contributed by atoms with E-state index >= 15 is 0 Å². The van der Waals surface area contributed by atoms with Gasteiger partial charge in [0, 0.05) is 17.6 Å². The first-order chi connectivity index (χ1) is 10.2. The number of hydrazone groups is 1. The number of rotatable bonds is 3. The zero-order valence-electron chi connectivity index (χ0n) is 10.9. The number of nitrogens with zero attached hydrogens (tertiary/aromatic N) is 2. The summed E-state index contributed by atoms with van der Waals surface area (Å²) < 4.78 is 26.2. The summed E-state index contributed by atoms with van der Waals surface area (Å²) in [5.74, 6) is -1.31. The molecule has 1 heterocycles. The van der Waals surface area contributed by atoms with Crippen molar-refractivity contribution in [2.24, 2.45) is 5.10 Å². The van der Waals surface area contributed by atoms with Gasteiger partial charge in [0.25, 0.3) is 0 Å². The van der Waals surface area contributed by atoms with Crippen molar-refractivity contribution in [1.29, 1.82) is 0 Å². The molecule has 0 aliphatic carbocycles. The van der Waals surface area contributed by atoms with E-state index in [1.807, 2.05) is 30.3 Å². The number of anilines is 1. The SMILES string of the molecule is Fc1ccc(NN=Cc2ccc3ncccc3c2)c(F)c1. The molecule has 0 fully saturated rings. The fourth-order valence-corrected chi connectivity index (χ4v) is 1.93. The van der Waals surface area contributed by atoms with E-state index in [-0.39, 0.29) is 5.69 Å². The van der Waals surface area contributed by atoms with Gasteiger partial charge >= 0.3 is 0 Å². The van der Waals surface area contributed by atoms with Gasteiger partial charge in [0.2, 0.25) is 0 Å². The summed E-state index contributed by atoms with van der Waals surface area (Å²) in [5, 5.41) is 4.95. The van der Waals surface area contributed by atoms with Crippen molar-refractivity contribution in [1.82, 2.24) is 4.98 Å². The lowest BCUT2D eigenvalue weighted by atomic mass is 10.1. The summed E-state index contributed by atoms with van der Waals surface area (Å²) in [6, 6.07) is 12.8. The lowest BCUT2D eigenvalue weighted by Crippen LogP contribution is -1.94. The van der Waals surface area contributed by atoms with Crippen molar-refractivity contribution in [3.8, 4) is 0 Å². The third kappa shape index (κ3) is 3.02. The molecule has 0 radical (unpaired) electrons. The standard InChI is InChI=1S/C16H11F2N3/c17-13-4-6-16(14(18)9-13)21-20-10-11-3-5-15-12(8-11)2-1-7-19-15/h1-10,21H. The molecule has 3 rings (SSSR count). The number of pyridine rings is 1. The van der Waals surface area contributed by atoms with Gasteiger partial charge in [-0.05, 0) is 35.9 Å². The van der Waals surface area contributed by atoms with Crippen LogP contribution in [0.15, 0.2) is 59.8 Å². The first-order valence-corrected chi connectivity index (χ1v) is 6.31. The van der Waals surface area contributed by atoms with E-state index in [1.54, 1.807) is 12.4 Å². The second kappa shape index (κ2) is 5.66. The number of fused-ring (bicyclic) bond motifs is 1. The highest BCUT2D eigenvalue weighted by molar-refractivity contribution is 5.88. The van der Waals surface area contributed by atoms with Gasteiger partial charge in [0.15, 0.2) is 5.82 Å². The summed E-state index contributed by atoms with van der Waals surface area (Å²) in [4.78, 5) is 4.22. The normalized spacial score (nSPS) is 11.1. The van der Waals surface area contributed by atoms with Crippen molar-refractivity contribution < 1.29 is 8.78 Å². The maximum atomic E-state index is 13.4. The van der Waals surface area contributed by atoms with Crippen LogP contribution in [0.25, 0.3) is 10.9 Å². The zero-order chi connectivity index (χ0) is 14.7. The smallest absolute Gasteiger partial charge is 0.151 e. The van der Waals surface area contributed by atoms with Crippen molar-refractivity contribution in [2.45, 2.75) is 0 Å². The summed E-state index contributed by atoms with van der Waals surface area (Å²) in [7, 11) is 0. The Kier molecular flexibility index (Phi) is 3.55. The average Bonchev–Trinajstić information content (AvgIpc) is 2.49. The summed E-state index contributed by atoms with van der Waals surface area (Å²) in [6.45, 7) is 0. The molecule has 104 valence electrons. The molecular weight excluding hydrogens is 272 g/mol. The van der Waals surface area contributed by atoms with Gasteiger partial charge in [-0.2, -0.15) is 5.10 Å². The Bertz CT molecular complexity index is 815. The van der Waals surface area contributed by atoms with Crippen molar-refractivity contribution in [3.05, 3.63) is 71.9 Å². The average molecular weight is 283 g/mol. The molecule has 0 saturated heterocycles. The van der Waals surface area contributed by atoms with Crippen LogP contribution >= 0.6 is 0 Å². The quantitative estimate of drug-likeness (QED) is 0.583. The molecular formula is C16H11F2N3. The minimum atomic E-state index is -0.685. The summed E-state index contributed by atoms with van der Waals surface area (Å²) >= 11 is 0. The Morgan fingerprint density at radius 2 is 1.95 bits per heavy atom. The first-order valence-electron chi connectivity index (χ1n) is 6.31. The molecule has 1 N–H and O–H groups in total. The number of benzene rings is 2. The summed E-state index contributed by atoms with van der Waals surface area (Å²) in [6.07, 6.45) is 3.30. The molecule has 3 aromatic rings. The molecule has 21 heavy (non-hydrogen) atoms. The van der Waals surface area contributed by atoms with E-state index < -0.39 is 11.6 Å². The minimum Gasteiger partial charge on any atom is -0.276 e. The number of halogens is 2. The predicted octanol–water partition coefficient (Wildman–Crippen LogP) is 3.96. The van der Waals surface area contributed by atoms with Crippen molar-refractivity contribution in [3.63, 3.8) is 0 Å². The maximum Gasteiger partial charge on any atom is 0.151 e. The second-order valence-corrected chi connectivity index (χ2v) is 4.45. The van der Waals surface area contributed by atoms with Crippen LogP contribution in [0.1, 0.15) is 5.56 Å². The van der Waals surface area contributed by atoms with Gasteiger partial charge in [-0.3, -0.25) is 10.4 Å². The highest BCUT2D eigenvalue weighted by atomic mass is 19.1. The van der Waals surface area contributed by atoms with Crippen LogP contribution in [-0.4, -0.2) is 11.2 Å². The third-order valence-electron chi connectivity index (χ3n) is 2.96. The Morgan fingerprint density at radius 1 is 1.05 bits per heavy atom. The van der Waals surface area contributed by atoms with Crippen LogP contribution in [0.5, 0.6) is 0 Å². The lowest BCUT2D eigenvalue weighted by Gasteiger charge is -2.02. The number of aromatic nitrogens is 1. The molecule has 0 amide bonds. The second-order valence-electron chi connectivity index (χ2n) is 4.45. The van der Waals surface area contributed by atoms with Crippen molar-refractivity contribution in [2.75, 3.05) is 5.43 Å². The molecule has 0 atom stereocenters. The fourth-order valence-electron chi connectivity index (χ4n) is 1.93. The number of hydrogen-bond acceptors (Lipinski definition) is 3. The van der Waals surface area contributed by atoms with Gasteiger partial charge in [-0.15, -0.1) is 0 Å². The molecule has 5 heteroatoms. The van der Waals surface area contributed by atoms with Gasteiger partial charge in [0.1, 0.15) is 5.82 Å². The first kappa shape index (κ1) is 13.2. The Hall–Kier alpha value is -2.82. The highest BCUT2D eigenvalue weighted by Crippen LogP contribution is 2.15. The van der Waals surface area contributed by atoms with Crippen LogP contribution in [-0.2, 0) is 0 Å². The molecule has 0 bridgehead atoms. The van der Waals surface area contributed by atoms with E-state index in [0.717, 1.165) is 22.5 Å². The maximum absolute atomic E-state index is 13.4. The van der Waals surface area contributed by atoms with E-state index in [2.05, 4.69) is 15.5 Å². The highest BCUT2D eigenvalue weighted by Gasteiger charge is 2.01. The Morgan fingerprint density at radius 3 is 2.81 bits per heavy atom. The zero-order valence-corrected chi connectivity index (χ0v) is 10.9. The Balaban J connectivity index is 1.78. The molecule has 3 nitrogen and oxygen atoms in total. The van der Waals surface area contributed by atoms with Crippen molar-refractivity contribution >= 4 is 22.8 Å². The van der Waals surface area contributed by atoms with E-state index in [9.17, 15) is 8.78 Å². The molecule has 0 aliphatic rings. The third-order valence-corrected chi connectivity index (χ3v) is 2.96. The van der Waals surface area contributed by atoms with Gasteiger partial charge in [-0.25, -0.2) is 8.78 Å². The molecule has 0 saturated carbocycles. The fraction of sp³-hybridized carbons (Fsp3) is 0. The van der Waals surface area contributed by atoms with Gasteiger partial charge in [-0.1, -0.05) is 12.1 Å². The van der Waals surface area contributed by atoms with Gasteiger partial charge in [0.05, 0.1) is 17.4 Å². The monoisotopic (exact) mass is 283 g/mol. The predicted molar refractivity (Wildman–Crippen MR) is 79.3 cm³/mol. The van der Waals surface area contributed by atoms with Crippen LogP contribution in [0.4, 0.5) is 14.5 Å². The van der Waals surface area contributed by atoms with Crippen LogP contribution in [0.2, 0.25) is 0 Å². The van der Waals surface area contributed by atoms with Crippen LogP contribution in [0, 0.1) is 11.6 Å². The molecule has 0 spiro atoms. The van der Waals surface area contributed by atoms with E-state index in [4.69, 9.17) is 0 Å². The molecule has 2 aromatic carbocycles. The number of hydrogen-bond donors (Lipinski definition) is 1. The Labute approximate surface area is 120 Å². The summed E-state index contributed by atoms with van der Waals surface area (Å²) in [5.41, 5.74) is 4.42. The van der Waals surface area contributed by atoms with E-state index in [1.165, 1.54) is 12.1 Å². The van der Waals surface area contributed by atoms with Gasteiger partial charge < -0.3 is 0 Å². The number of nitrogens with one attached hydrogen (secondary N) is 1. The molecule has 0 aliphatic heterocycles. The lowest BCUT2D eigenvalue weighted by molar-refractivity contribution is 0.585. The minimum absolute atomic E-state index is 0.120. The topological polar surface area (TPSA) is 37.3 Å². The molecule has 1 aromatic heterocycles. The van der Waals surface area contributed by atoms with Crippen LogP contribution in [0.3, 0.4) is 0 Å². The largest absolute Gasteiger partial charge is 0.276 e. The van der Waals surface area contributed by atoms with E-state index in [0.29, 0.717) is 0 Å².